The van der Waals surface area contributed by atoms with Gasteiger partial charge in [0.2, 0.25) is 0 Å². The molecular weight excluding hydrogens is 198 g/mol. The van der Waals surface area contributed by atoms with E-state index in [1.807, 2.05) is 0 Å². The molecule has 0 saturated carbocycles. The molecule has 3 rings (SSSR count). The van der Waals surface area contributed by atoms with Crippen molar-refractivity contribution in [2.24, 2.45) is 0 Å². The van der Waals surface area contributed by atoms with Crippen LogP contribution in [0.25, 0.3) is 0 Å². The summed E-state index contributed by atoms with van der Waals surface area (Å²) < 4.78 is 5.48. The van der Waals surface area contributed by atoms with E-state index in [0.29, 0.717) is 11.5 Å². The highest BCUT2D eigenvalue weighted by atomic mass is 16.5. The van der Waals surface area contributed by atoms with Gasteiger partial charge in [0.1, 0.15) is 0 Å². The lowest BCUT2D eigenvalue weighted by Crippen LogP contribution is -2.50. The number of hydrogen-bond donors (Lipinski definition) is 1. The van der Waals surface area contributed by atoms with Crippen molar-refractivity contribution in [2.75, 3.05) is 19.8 Å². The summed E-state index contributed by atoms with van der Waals surface area (Å²) in [6.45, 7) is 2.99. The molecule has 1 atom stereocenters. The van der Waals surface area contributed by atoms with Gasteiger partial charge >= 0.3 is 0 Å². The van der Waals surface area contributed by atoms with Crippen molar-refractivity contribution in [1.29, 1.82) is 0 Å². The van der Waals surface area contributed by atoms with E-state index in [2.05, 4.69) is 35.6 Å². The van der Waals surface area contributed by atoms with Crippen LogP contribution in [0.2, 0.25) is 0 Å². The molecule has 1 N–H and O–H groups in total. The van der Waals surface area contributed by atoms with Crippen molar-refractivity contribution in [2.45, 2.75) is 30.7 Å². The third kappa shape index (κ3) is 1.76. The lowest BCUT2D eigenvalue weighted by atomic mass is 9.73. The second-order valence-electron chi connectivity index (χ2n) is 5.14. The van der Waals surface area contributed by atoms with Crippen LogP contribution in [0.1, 0.15) is 24.8 Å². The minimum absolute atomic E-state index is 0.295. The van der Waals surface area contributed by atoms with Crippen LogP contribution in [0.4, 0.5) is 0 Å². The third-order valence-electron chi connectivity index (χ3n) is 3.94. The fraction of sp³-hybridized carbons (Fsp3) is 0.571. The largest absolute Gasteiger partial charge is 0.379 e. The number of hydrogen-bond acceptors (Lipinski definition) is 2. The van der Waals surface area contributed by atoms with Crippen molar-refractivity contribution in [3.8, 4) is 0 Å². The highest BCUT2D eigenvalue weighted by Gasteiger charge is 2.42. The standard InChI is InChI=1S/C14H19NO/c1-2-5-12(6-3-1)14(10-16-11-14)9-13-7-4-8-15-13/h1-3,5-6,13,15H,4,7-11H2. The van der Waals surface area contributed by atoms with E-state index in [0.717, 1.165) is 13.2 Å². The third-order valence-corrected chi connectivity index (χ3v) is 3.94. The number of benzene rings is 1. The summed E-state index contributed by atoms with van der Waals surface area (Å²) in [5.74, 6) is 0. The molecule has 2 aliphatic heterocycles. The van der Waals surface area contributed by atoms with Gasteiger partial charge in [-0.25, -0.2) is 0 Å². The van der Waals surface area contributed by atoms with Crippen LogP contribution in [0.3, 0.4) is 0 Å². The maximum absolute atomic E-state index is 5.48. The molecule has 0 amide bonds. The van der Waals surface area contributed by atoms with E-state index in [9.17, 15) is 0 Å². The Hall–Kier alpha value is -0.860. The predicted octanol–water partition coefficient (Wildman–Crippen LogP) is 2.10. The van der Waals surface area contributed by atoms with E-state index < -0.39 is 0 Å². The van der Waals surface area contributed by atoms with Crippen molar-refractivity contribution in [3.63, 3.8) is 0 Å². The summed E-state index contributed by atoms with van der Waals surface area (Å²) in [4.78, 5) is 0. The van der Waals surface area contributed by atoms with Gasteiger partial charge in [0.05, 0.1) is 13.2 Å². The van der Waals surface area contributed by atoms with Gasteiger partial charge in [-0.1, -0.05) is 30.3 Å². The first-order chi connectivity index (χ1) is 7.89. The molecule has 86 valence electrons. The summed E-state index contributed by atoms with van der Waals surface area (Å²) in [5.41, 5.74) is 1.75. The minimum atomic E-state index is 0.295. The smallest absolute Gasteiger partial charge is 0.0586 e. The number of nitrogens with one attached hydrogen (secondary N) is 1. The van der Waals surface area contributed by atoms with Gasteiger partial charge < -0.3 is 10.1 Å². The first-order valence-electron chi connectivity index (χ1n) is 6.26. The molecule has 2 heteroatoms. The molecule has 1 aromatic rings. The van der Waals surface area contributed by atoms with Crippen LogP contribution in [0, 0.1) is 0 Å². The summed E-state index contributed by atoms with van der Waals surface area (Å²) in [7, 11) is 0. The van der Waals surface area contributed by atoms with E-state index in [-0.39, 0.29) is 0 Å². The van der Waals surface area contributed by atoms with Gasteiger partial charge in [-0.2, -0.15) is 0 Å². The predicted molar refractivity (Wildman–Crippen MR) is 64.6 cm³/mol. The zero-order chi connectivity index (χ0) is 10.8. The van der Waals surface area contributed by atoms with Crippen LogP contribution in [-0.4, -0.2) is 25.8 Å². The molecular formula is C14H19NO. The fourth-order valence-corrected chi connectivity index (χ4v) is 2.95. The molecule has 0 bridgehead atoms. The minimum Gasteiger partial charge on any atom is -0.379 e. The van der Waals surface area contributed by atoms with Crippen LogP contribution in [0.5, 0.6) is 0 Å². The van der Waals surface area contributed by atoms with Gasteiger partial charge in [-0.05, 0) is 31.4 Å². The van der Waals surface area contributed by atoms with Gasteiger partial charge in [0.25, 0.3) is 0 Å². The molecule has 0 radical (unpaired) electrons. The highest BCUT2D eigenvalue weighted by Crippen LogP contribution is 2.37. The molecule has 1 unspecified atom stereocenters. The monoisotopic (exact) mass is 217 g/mol. The van der Waals surface area contributed by atoms with Gasteiger partial charge in [-0.15, -0.1) is 0 Å². The fourth-order valence-electron chi connectivity index (χ4n) is 2.95. The lowest BCUT2D eigenvalue weighted by molar-refractivity contribution is -0.0679. The molecule has 1 aromatic carbocycles. The second kappa shape index (κ2) is 4.19. The molecule has 16 heavy (non-hydrogen) atoms. The summed E-state index contributed by atoms with van der Waals surface area (Å²) >= 11 is 0. The van der Waals surface area contributed by atoms with Crippen molar-refractivity contribution in [1.82, 2.24) is 5.32 Å². The van der Waals surface area contributed by atoms with E-state index in [1.54, 1.807) is 0 Å². The van der Waals surface area contributed by atoms with E-state index in [4.69, 9.17) is 4.74 Å². The van der Waals surface area contributed by atoms with Crippen LogP contribution < -0.4 is 5.32 Å². The average molecular weight is 217 g/mol. The molecule has 2 aliphatic rings. The number of rotatable bonds is 3. The Morgan fingerprint density at radius 1 is 1.25 bits per heavy atom. The van der Waals surface area contributed by atoms with Gasteiger partial charge in [-0.3, -0.25) is 0 Å². The summed E-state index contributed by atoms with van der Waals surface area (Å²) in [6, 6.07) is 11.6. The maximum atomic E-state index is 5.48. The van der Waals surface area contributed by atoms with Gasteiger partial charge in [0, 0.05) is 11.5 Å². The lowest BCUT2D eigenvalue weighted by Gasteiger charge is -2.43. The Labute approximate surface area is 97.0 Å². The molecule has 0 aliphatic carbocycles. The van der Waals surface area contributed by atoms with E-state index >= 15 is 0 Å². The Morgan fingerprint density at radius 2 is 2.06 bits per heavy atom. The zero-order valence-corrected chi connectivity index (χ0v) is 9.61. The summed E-state index contributed by atoms with van der Waals surface area (Å²) in [5, 5.41) is 3.59. The second-order valence-corrected chi connectivity index (χ2v) is 5.14. The molecule has 0 aromatic heterocycles. The Balaban J connectivity index is 1.77. The molecule has 0 spiro atoms. The number of ether oxygens (including phenoxy) is 1. The summed E-state index contributed by atoms with van der Waals surface area (Å²) in [6.07, 6.45) is 3.89. The Morgan fingerprint density at radius 3 is 2.62 bits per heavy atom. The average Bonchev–Trinajstić information content (AvgIpc) is 2.77. The molecule has 2 nitrogen and oxygen atoms in total. The highest BCUT2D eigenvalue weighted by molar-refractivity contribution is 5.28. The molecule has 2 fully saturated rings. The molecule has 2 heterocycles. The van der Waals surface area contributed by atoms with Crippen LogP contribution in [0.15, 0.2) is 30.3 Å². The SMILES string of the molecule is c1ccc(C2(CC3CCCN3)COC2)cc1. The maximum Gasteiger partial charge on any atom is 0.0586 e. The van der Waals surface area contributed by atoms with E-state index in [1.165, 1.54) is 31.4 Å². The van der Waals surface area contributed by atoms with Crippen LogP contribution in [-0.2, 0) is 10.2 Å². The van der Waals surface area contributed by atoms with Crippen LogP contribution >= 0.6 is 0 Å². The normalized spacial score (nSPS) is 27.6. The first-order valence-corrected chi connectivity index (χ1v) is 6.26. The first kappa shape index (κ1) is 10.3. The molecule has 2 saturated heterocycles. The Kier molecular flexibility index (Phi) is 2.70. The topological polar surface area (TPSA) is 21.3 Å². The van der Waals surface area contributed by atoms with Crippen molar-refractivity contribution in [3.05, 3.63) is 35.9 Å². The zero-order valence-electron chi connectivity index (χ0n) is 9.61. The van der Waals surface area contributed by atoms with Gasteiger partial charge in [0.15, 0.2) is 0 Å². The van der Waals surface area contributed by atoms with Crippen molar-refractivity contribution >= 4 is 0 Å². The Bertz CT molecular complexity index is 339. The van der Waals surface area contributed by atoms with Crippen molar-refractivity contribution < 1.29 is 4.74 Å². The quantitative estimate of drug-likeness (QED) is 0.837.